The van der Waals surface area contributed by atoms with Crippen molar-refractivity contribution >= 4 is 24.2 Å². The first-order valence-electron chi connectivity index (χ1n) is 3.53. The summed E-state index contributed by atoms with van der Waals surface area (Å²) in [5.41, 5.74) is 6.35. The van der Waals surface area contributed by atoms with Crippen LogP contribution in [-0.4, -0.2) is 12.8 Å². The highest BCUT2D eigenvalue weighted by atomic mass is 35.5. The maximum atomic E-state index is 5.53. The van der Waals surface area contributed by atoms with Gasteiger partial charge in [0.2, 0.25) is 0 Å². The fourth-order valence-corrected chi connectivity index (χ4v) is 0.741. The van der Waals surface area contributed by atoms with Gasteiger partial charge in [0.05, 0.1) is 0 Å². The Morgan fingerprint density at radius 3 is 2.33 bits per heavy atom. The monoisotopic (exact) mass is 205 g/mol. The van der Waals surface area contributed by atoms with Gasteiger partial charge in [0, 0.05) is 5.03 Å². The second-order valence-corrected chi connectivity index (χ2v) is 2.39. The Bertz CT molecular complexity index is 164. The third-order valence-corrected chi connectivity index (χ3v) is 1.15. The maximum Gasteiger partial charge on any atom is 0.0336 e. The van der Waals surface area contributed by atoms with Crippen LogP contribution in [0, 0.1) is 0 Å². The lowest BCUT2D eigenvalue weighted by Crippen LogP contribution is -1.98. The Morgan fingerprint density at radius 2 is 2.08 bits per heavy atom. The van der Waals surface area contributed by atoms with Crippen molar-refractivity contribution in [2.75, 3.05) is 12.8 Å². The number of allylic oxidation sites excluding steroid dienone is 3. The molecule has 0 spiro atoms. The van der Waals surface area contributed by atoms with Gasteiger partial charge in [-0.15, -0.1) is 0 Å². The SMILES string of the molecule is C=C/C(=C\C(=C)Cl)CCN.CS. The predicted octanol–water partition coefficient (Wildman–Crippen LogP) is 2.75. The van der Waals surface area contributed by atoms with Crippen molar-refractivity contribution in [1.82, 2.24) is 0 Å². The molecule has 0 unspecified atom stereocenters. The largest absolute Gasteiger partial charge is 0.330 e. The van der Waals surface area contributed by atoms with Crippen LogP contribution in [0.2, 0.25) is 0 Å². The van der Waals surface area contributed by atoms with E-state index in [0.717, 1.165) is 12.0 Å². The van der Waals surface area contributed by atoms with Gasteiger partial charge in [0.1, 0.15) is 0 Å². The summed E-state index contributed by atoms with van der Waals surface area (Å²) in [5, 5.41) is 0.517. The van der Waals surface area contributed by atoms with Crippen molar-refractivity contribution in [3.63, 3.8) is 0 Å². The van der Waals surface area contributed by atoms with Crippen LogP contribution in [0.4, 0.5) is 0 Å². The van der Waals surface area contributed by atoms with Gasteiger partial charge in [-0.2, -0.15) is 12.6 Å². The van der Waals surface area contributed by atoms with Gasteiger partial charge < -0.3 is 5.73 Å². The number of halogens is 1. The molecular weight excluding hydrogens is 190 g/mol. The molecule has 3 heteroatoms. The van der Waals surface area contributed by atoms with Crippen molar-refractivity contribution in [1.29, 1.82) is 0 Å². The third-order valence-electron chi connectivity index (χ3n) is 1.04. The standard InChI is InChI=1S/C8H12ClN.CH4S/c1-3-8(4-5-10)6-7(2)9;1-2/h3,6H,1-2,4-5,10H2;2H,1H3/b8-6+;. The lowest BCUT2D eigenvalue weighted by molar-refractivity contribution is 0.974. The summed E-state index contributed by atoms with van der Waals surface area (Å²) >= 11 is 9.06. The minimum Gasteiger partial charge on any atom is -0.330 e. The molecule has 0 bridgehead atoms. The lowest BCUT2D eigenvalue weighted by atomic mass is 10.2. The van der Waals surface area contributed by atoms with Crippen molar-refractivity contribution in [2.24, 2.45) is 5.73 Å². The van der Waals surface area contributed by atoms with E-state index in [1.807, 2.05) is 0 Å². The van der Waals surface area contributed by atoms with Crippen LogP contribution < -0.4 is 5.73 Å². The molecule has 0 heterocycles. The molecule has 0 rings (SSSR count). The average Bonchev–Trinajstić information content (AvgIpc) is 2.07. The van der Waals surface area contributed by atoms with Crippen LogP contribution in [0.5, 0.6) is 0 Å². The molecule has 0 aromatic carbocycles. The summed E-state index contributed by atoms with van der Waals surface area (Å²) in [5.74, 6) is 0. The predicted molar refractivity (Wildman–Crippen MR) is 61.9 cm³/mol. The third kappa shape index (κ3) is 9.82. The van der Waals surface area contributed by atoms with Crippen LogP contribution in [0.1, 0.15) is 6.42 Å². The first kappa shape index (κ1) is 14.3. The van der Waals surface area contributed by atoms with Crippen LogP contribution >= 0.6 is 24.2 Å². The fraction of sp³-hybridized carbons (Fsp3) is 0.333. The van der Waals surface area contributed by atoms with E-state index in [1.165, 1.54) is 0 Å². The first-order valence-corrected chi connectivity index (χ1v) is 4.80. The molecule has 12 heavy (non-hydrogen) atoms. The van der Waals surface area contributed by atoms with Crippen molar-refractivity contribution in [3.8, 4) is 0 Å². The minimum absolute atomic E-state index is 0.517. The fourth-order valence-electron chi connectivity index (χ4n) is 0.601. The quantitative estimate of drug-likeness (QED) is 0.536. The van der Waals surface area contributed by atoms with E-state index in [1.54, 1.807) is 18.4 Å². The van der Waals surface area contributed by atoms with Crippen molar-refractivity contribution < 1.29 is 0 Å². The van der Waals surface area contributed by atoms with Gasteiger partial charge in [-0.1, -0.05) is 30.8 Å². The molecule has 0 aliphatic rings. The van der Waals surface area contributed by atoms with Crippen LogP contribution in [0.3, 0.4) is 0 Å². The number of hydrogen-bond acceptors (Lipinski definition) is 2. The molecule has 0 fully saturated rings. The van der Waals surface area contributed by atoms with Crippen LogP contribution in [-0.2, 0) is 0 Å². The Balaban J connectivity index is 0. The normalized spacial score (nSPS) is 9.83. The molecular formula is C9H16ClNS. The zero-order valence-electron chi connectivity index (χ0n) is 7.39. The second kappa shape index (κ2) is 10.8. The number of nitrogens with two attached hydrogens (primary N) is 1. The highest BCUT2D eigenvalue weighted by molar-refractivity contribution is 7.79. The van der Waals surface area contributed by atoms with Crippen molar-refractivity contribution in [3.05, 3.63) is 35.9 Å². The first-order chi connectivity index (χ1) is 5.70. The molecule has 0 saturated carbocycles. The Labute approximate surface area is 85.4 Å². The molecule has 2 N–H and O–H groups in total. The van der Waals surface area contributed by atoms with Crippen molar-refractivity contribution in [2.45, 2.75) is 6.42 Å². The summed E-state index contributed by atoms with van der Waals surface area (Å²) in [7, 11) is 0. The molecule has 1 nitrogen and oxygen atoms in total. The molecule has 0 radical (unpaired) electrons. The molecule has 0 amide bonds. The van der Waals surface area contributed by atoms with E-state index in [9.17, 15) is 0 Å². The Kier molecular flexibility index (Phi) is 12.9. The summed E-state index contributed by atoms with van der Waals surface area (Å²) in [6.45, 7) is 7.75. The molecule has 0 aliphatic heterocycles. The zero-order chi connectivity index (χ0) is 9.98. The van der Waals surface area contributed by atoms with E-state index in [4.69, 9.17) is 17.3 Å². The summed E-state index contributed by atoms with van der Waals surface area (Å²) < 4.78 is 0. The van der Waals surface area contributed by atoms with Gasteiger partial charge in [-0.3, -0.25) is 0 Å². The van der Waals surface area contributed by atoms with Gasteiger partial charge in [-0.25, -0.2) is 0 Å². The van der Waals surface area contributed by atoms with E-state index in [2.05, 4.69) is 25.8 Å². The topological polar surface area (TPSA) is 26.0 Å². The molecule has 0 saturated heterocycles. The Morgan fingerprint density at radius 1 is 1.58 bits per heavy atom. The van der Waals surface area contributed by atoms with Gasteiger partial charge in [-0.05, 0) is 30.9 Å². The Hall–Kier alpha value is -0.180. The molecule has 0 aromatic rings. The lowest BCUT2D eigenvalue weighted by Gasteiger charge is -1.96. The minimum atomic E-state index is 0.517. The highest BCUT2D eigenvalue weighted by Crippen LogP contribution is 2.07. The molecule has 70 valence electrons. The van der Waals surface area contributed by atoms with Crippen LogP contribution in [0.15, 0.2) is 35.9 Å². The summed E-state index contributed by atoms with van der Waals surface area (Å²) in [6, 6.07) is 0. The van der Waals surface area contributed by atoms with Crippen LogP contribution in [0.25, 0.3) is 0 Å². The second-order valence-electron chi connectivity index (χ2n) is 1.91. The van der Waals surface area contributed by atoms with E-state index in [0.29, 0.717) is 11.6 Å². The number of thiol groups is 1. The zero-order valence-corrected chi connectivity index (χ0v) is 9.04. The number of hydrogen-bond donors (Lipinski definition) is 2. The molecule has 0 aliphatic carbocycles. The average molecular weight is 206 g/mol. The van der Waals surface area contributed by atoms with Gasteiger partial charge in [0.15, 0.2) is 0 Å². The number of rotatable bonds is 4. The van der Waals surface area contributed by atoms with E-state index < -0.39 is 0 Å². The molecule has 0 aromatic heterocycles. The summed E-state index contributed by atoms with van der Waals surface area (Å²) in [4.78, 5) is 0. The smallest absolute Gasteiger partial charge is 0.0336 e. The van der Waals surface area contributed by atoms with E-state index in [-0.39, 0.29) is 0 Å². The van der Waals surface area contributed by atoms with E-state index >= 15 is 0 Å². The van der Waals surface area contributed by atoms with Gasteiger partial charge in [0.25, 0.3) is 0 Å². The highest BCUT2D eigenvalue weighted by Gasteiger charge is 1.89. The van der Waals surface area contributed by atoms with Gasteiger partial charge >= 0.3 is 0 Å². The molecule has 0 atom stereocenters. The summed E-state index contributed by atoms with van der Waals surface area (Å²) in [6.07, 6.45) is 6.00. The maximum absolute atomic E-state index is 5.53.